The SMILES string of the molecule is C=C(C)C(=O)C1(C(=O)C(=C)C)C[O][Ti](=[O])[O]1. The molecule has 16 heavy (non-hydrogen) atoms. The summed E-state index contributed by atoms with van der Waals surface area (Å²) in [6, 6.07) is 0. The molecule has 1 saturated heterocycles. The first-order valence-electron chi connectivity index (χ1n) is 4.57. The van der Waals surface area contributed by atoms with Gasteiger partial charge in [-0.25, -0.2) is 0 Å². The van der Waals surface area contributed by atoms with Crippen LogP contribution in [0.3, 0.4) is 0 Å². The summed E-state index contributed by atoms with van der Waals surface area (Å²) < 4.78 is 20.9. The average molecular weight is 260 g/mol. The van der Waals surface area contributed by atoms with Crippen LogP contribution in [0.1, 0.15) is 13.8 Å². The van der Waals surface area contributed by atoms with Gasteiger partial charge in [-0.2, -0.15) is 0 Å². The molecule has 1 rings (SSSR count). The molecule has 0 saturated carbocycles. The molecule has 1 aliphatic heterocycles. The molecule has 0 aromatic heterocycles. The van der Waals surface area contributed by atoms with Gasteiger partial charge in [0.25, 0.3) is 0 Å². The average Bonchev–Trinajstić information content (AvgIpc) is 2.59. The van der Waals surface area contributed by atoms with Crippen molar-refractivity contribution in [3.05, 3.63) is 24.3 Å². The van der Waals surface area contributed by atoms with E-state index < -0.39 is 35.8 Å². The fraction of sp³-hybridized carbons (Fsp3) is 0.400. The van der Waals surface area contributed by atoms with E-state index in [2.05, 4.69) is 13.2 Å². The summed E-state index contributed by atoms with van der Waals surface area (Å²) >= 11 is -3.41. The maximum atomic E-state index is 11.9. The van der Waals surface area contributed by atoms with Gasteiger partial charge >= 0.3 is 100 Å². The van der Waals surface area contributed by atoms with E-state index in [1.807, 2.05) is 0 Å². The second-order valence-corrected chi connectivity index (χ2v) is 5.24. The van der Waals surface area contributed by atoms with Crippen molar-refractivity contribution in [1.29, 1.82) is 0 Å². The summed E-state index contributed by atoms with van der Waals surface area (Å²) in [5.74, 6) is -1.20. The fourth-order valence-electron chi connectivity index (χ4n) is 1.38. The number of hydrogen-bond donors (Lipinski definition) is 0. The Bertz CT molecular complexity index is 383. The van der Waals surface area contributed by atoms with Crippen LogP contribution in [0.25, 0.3) is 0 Å². The molecule has 0 aromatic carbocycles. The van der Waals surface area contributed by atoms with E-state index in [0.717, 1.165) is 0 Å². The fourth-order valence-corrected chi connectivity index (χ4v) is 2.80. The first kappa shape index (κ1) is 13.3. The van der Waals surface area contributed by atoms with E-state index in [1.54, 1.807) is 0 Å². The molecule has 5 nitrogen and oxygen atoms in total. The number of Topliss-reactive ketones (excluding diaryl/α,β-unsaturated/α-hetero) is 2. The van der Waals surface area contributed by atoms with Gasteiger partial charge in [0.05, 0.1) is 0 Å². The number of hydrogen-bond acceptors (Lipinski definition) is 5. The van der Waals surface area contributed by atoms with Gasteiger partial charge in [-0.1, -0.05) is 0 Å². The van der Waals surface area contributed by atoms with Gasteiger partial charge in [0.2, 0.25) is 0 Å². The molecule has 0 bridgehead atoms. The number of carbonyl (C=O) groups is 2. The summed E-state index contributed by atoms with van der Waals surface area (Å²) in [6.07, 6.45) is 0. The predicted molar refractivity (Wildman–Crippen MR) is 50.1 cm³/mol. The quantitative estimate of drug-likeness (QED) is 0.426. The number of carbonyl (C=O) groups excluding carboxylic acids is 2. The van der Waals surface area contributed by atoms with Crippen molar-refractivity contribution >= 4 is 11.6 Å². The Balaban J connectivity index is 3.18. The van der Waals surface area contributed by atoms with Crippen LogP contribution in [0.4, 0.5) is 0 Å². The molecule has 1 fully saturated rings. The zero-order valence-corrected chi connectivity index (χ0v) is 10.7. The van der Waals surface area contributed by atoms with Crippen molar-refractivity contribution in [3.8, 4) is 0 Å². The summed E-state index contributed by atoms with van der Waals surface area (Å²) in [6.45, 7) is 9.53. The second kappa shape index (κ2) is 4.63. The Hall–Kier alpha value is -0.746. The molecule has 0 unspecified atom stereocenters. The van der Waals surface area contributed by atoms with Crippen LogP contribution in [0.2, 0.25) is 0 Å². The monoisotopic (exact) mass is 260 g/mol. The van der Waals surface area contributed by atoms with E-state index in [0.29, 0.717) is 0 Å². The first-order valence-corrected chi connectivity index (χ1v) is 6.49. The van der Waals surface area contributed by atoms with Gasteiger partial charge < -0.3 is 0 Å². The molecule has 1 aliphatic rings. The number of rotatable bonds is 4. The minimum absolute atomic E-state index is 0.158. The van der Waals surface area contributed by atoms with Crippen molar-refractivity contribution in [2.75, 3.05) is 6.61 Å². The van der Waals surface area contributed by atoms with E-state index in [4.69, 9.17) is 6.64 Å². The molecule has 0 N–H and O–H groups in total. The van der Waals surface area contributed by atoms with E-state index in [-0.39, 0.29) is 17.8 Å². The Labute approximate surface area is 100 Å². The van der Waals surface area contributed by atoms with Crippen molar-refractivity contribution < 1.29 is 38.2 Å². The van der Waals surface area contributed by atoms with Crippen LogP contribution in [-0.4, -0.2) is 23.8 Å². The Morgan fingerprint density at radius 1 is 1.19 bits per heavy atom. The topological polar surface area (TPSA) is 69.7 Å². The molecule has 1 heterocycles. The molecule has 0 aromatic rings. The predicted octanol–water partition coefficient (Wildman–Crippen LogP) is 0.856. The third kappa shape index (κ3) is 2.17. The molecule has 0 atom stereocenters. The number of ketones is 2. The summed E-state index contributed by atoms with van der Waals surface area (Å²) in [7, 11) is 0. The molecule has 0 amide bonds. The summed E-state index contributed by atoms with van der Waals surface area (Å²) in [5.41, 5.74) is -1.49. The zero-order valence-electron chi connectivity index (χ0n) is 9.16. The Morgan fingerprint density at radius 2 is 1.62 bits per heavy atom. The third-order valence-corrected chi connectivity index (χ3v) is 3.56. The molecule has 86 valence electrons. The van der Waals surface area contributed by atoms with Gasteiger partial charge in [-0.3, -0.25) is 0 Å². The summed E-state index contributed by atoms with van der Waals surface area (Å²) in [5, 5.41) is 0. The van der Waals surface area contributed by atoms with E-state index in [9.17, 15) is 12.9 Å². The first-order chi connectivity index (χ1) is 7.31. The third-order valence-electron chi connectivity index (χ3n) is 2.16. The van der Waals surface area contributed by atoms with Gasteiger partial charge in [0.15, 0.2) is 0 Å². The van der Waals surface area contributed by atoms with Gasteiger partial charge in [-0.15, -0.1) is 0 Å². The van der Waals surface area contributed by atoms with Crippen LogP contribution in [0.15, 0.2) is 24.3 Å². The molecular weight excluding hydrogens is 248 g/mol. The van der Waals surface area contributed by atoms with Crippen molar-refractivity contribution in [1.82, 2.24) is 0 Å². The van der Waals surface area contributed by atoms with Crippen molar-refractivity contribution in [3.63, 3.8) is 0 Å². The van der Waals surface area contributed by atoms with Gasteiger partial charge in [0, 0.05) is 0 Å². The Kier molecular flexibility index (Phi) is 3.86. The second-order valence-electron chi connectivity index (χ2n) is 3.69. The van der Waals surface area contributed by atoms with Gasteiger partial charge in [-0.05, 0) is 0 Å². The molecule has 0 radical (unpaired) electrons. The zero-order chi connectivity index (χ0) is 12.5. The van der Waals surface area contributed by atoms with Crippen LogP contribution in [-0.2, 0) is 38.2 Å². The Morgan fingerprint density at radius 3 is 1.88 bits per heavy atom. The standard InChI is InChI=1S/C10H12O4.O.Ti/c1-6(2)8(12)10(14,5-11)9(13)7(3)4;;/h1,3,5H2,2,4H3;;/q-2;;+2. The van der Waals surface area contributed by atoms with Crippen LogP contribution < -0.4 is 0 Å². The molecular formula is C10H12O5Ti. The molecule has 0 aliphatic carbocycles. The van der Waals surface area contributed by atoms with Crippen LogP contribution >= 0.6 is 0 Å². The molecule has 6 heteroatoms. The van der Waals surface area contributed by atoms with E-state index in [1.165, 1.54) is 13.8 Å². The van der Waals surface area contributed by atoms with Crippen molar-refractivity contribution in [2.45, 2.75) is 19.4 Å². The summed E-state index contributed by atoms with van der Waals surface area (Å²) in [4.78, 5) is 23.8. The molecule has 0 spiro atoms. The van der Waals surface area contributed by atoms with E-state index >= 15 is 0 Å². The van der Waals surface area contributed by atoms with Gasteiger partial charge in [0.1, 0.15) is 0 Å². The normalized spacial score (nSPS) is 18.2. The van der Waals surface area contributed by atoms with Crippen LogP contribution in [0, 0.1) is 0 Å². The minimum atomic E-state index is -3.41. The van der Waals surface area contributed by atoms with Crippen LogP contribution in [0.5, 0.6) is 0 Å². The van der Waals surface area contributed by atoms with Crippen molar-refractivity contribution in [2.24, 2.45) is 0 Å². The maximum absolute atomic E-state index is 11.9.